The molecule has 1 unspecified atom stereocenters. The molecule has 0 heterocycles. The van der Waals surface area contributed by atoms with E-state index in [9.17, 15) is 13.2 Å². The molecule has 20 heavy (non-hydrogen) atoms. The van der Waals surface area contributed by atoms with Crippen LogP contribution in [0.5, 0.6) is 0 Å². The van der Waals surface area contributed by atoms with Crippen LogP contribution in [0.25, 0.3) is 0 Å². The molecule has 1 aromatic carbocycles. The Morgan fingerprint density at radius 3 is 2.40 bits per heavy atom. The van der Waals surface area contributed by atoms with Crippen molar-refractivity contribution in [2.45, 2.75) is 32.6 Å². The van der Waals surface area contributed by atoms with E-state index in [-0.39, 0.29) is 17.7 Å². The van der Waals surface area contributed by atoms with Gasteiger partial charge in [0.25, 0.3) is 0 Å². The number of nitrogens with one attached hydrogen (secondary N) is 1. The SMILES string of the molecule is CC(C)C(C)NC(=O)CS(=O)(=O)Cc1ccccc1Cl. The predicted molar refractivity (Wildman–Crippen MR) is 81.4 cm³/mol. The van der Waals surface area contributed by atoms with Gasteiger partial charge in [-0.2, -0.15) is 0 Å². The molecule has 0 aliphatic carbocycles. The summed E-state index contributed by atoms with van der Waals surface area (Å²) in [6.45, 7) is 5.77. The van der Waals surface area contributed by atoms with Crippen LogP contribution >= 0.6 is 11.6 Å². The van der Waals surface area contributed by atoms with Crippen molar-refractivity contribution in [1.82, 2.24) is 5.32 Å². The fourth-order valence-electron chi connectivity index (χ4n) is 1.57. The van der Waals surface area contributed by atoms with Gasteiger partial charge in [-0.25, -0.2) is 8.42 Å². The first-order chi connectivity index (χ1) is 9.21. The van der Waals surface area contributed by atoms with E-state index >= 15 is 0 Å². The van der Waals surface area contributed by atoms with Gasteiger partial charge in [0.2, 0.25) is 5.91 Å². The summed E-state index contributed by atoms with van der Waals surface area (Å²) in [6.07, 6.45) is 0. The number of carbonyl (C=O) groups is 1. The lowest BCUT2D eigenvalue weighted by Crippen LogP contribution is -2.39. The largest absolute Gasteiger partial charge is 0.353 e. The molecule has 1 aromatic rings. The van der Waals surface area contributed by atoms with Crippen molar-refractivity contribution in [3.8, 4) is 0 Å². The number of carbonyl (C=O) groups excluding carboxylic acids is 1. The maximum atomic E-state index is 12.0. The normalized spacial score (nSPS) is 13.2. The molecule has 0 saturated carbocycles. The summed E-state index contributed by atoms with van der Waals surface area (Å²) in [6, 6.07) is 6.67. The van der Waals surface area contributed by atoms with Gasteiger partial charge in [0, 0.05) is 11.1 Å². The van der Waals surface area contributed by atoms with Crippen LogP contribution in [0.1, 0.15) is 26.3 Å². The summed E-state index contributed by atoms with van der Waals surface area (Å²) in [5, 5.41) is 3.08. The highest BCUT2D eigenvalue weighted by Gasteiger charge is 2.20. The standard InChI is InChI=1S/C14H20ClNO3S/c1-10(2)11(3)16-14(17)9-20(18,19)8-12-6-4-5-7-13(12)15/h4-7,10-11H,8-9H2,1-3H3,(H,16,17). The quantitative estimate of drug-likeness (QED) is 0.876. The Labute approximate surface area is 125 Å². The van der Waals surface area contributed by atoms with Crippen LogP contribution in [-0.4, -0.2) is 26.1 Å². The van der Waals surface area contributed by atoms with Crippen molar-refractivity contribution in [2.24, 2.45) is 5.92 Å². The third-order valence-corrected chi connectivity index (χ3v) is 4.89. The third kappa shape index (κ3) is 5.51. The molecule has 0 saturated heterocycles. The van der Waals surface area contributed by atoms with Gasteiger partial charge < -0.3 is 5.32 Å². The van der Waals surface area contributed by atoms with Crippen LogP contribution in [0, 0.1) is 5.92 Å². The van der Waals surface area contributed by atoms with Crippen molar-refractivity contribution in [3.63, 3.8) is 0 Å². The molecule has 6 heteroatoms. The Morgan fingerprint density at radius 2 is 1.85 bits per heavy atom. The highest BCUT2D eigenvalue weighted by Crippen LogP contribution is 2.17. The Balaban J connectivity index is 2.67. The van der Waals surface area contributed by atoms with Crippen LogP contribution in [0.2, 0.25) is 5.02 Å². The minimum Gasteiger partial charge on any atom is -0.353 e. The molecule has 1 rings (SSSR count). The molecule has 0 aromatic heterocycles. The number of amides is 1. The lowest BCUT2D eigenvalue weighted by atomic mass is 10.1. The fourth-order valence-corrected chi connectivity index (χ4v) is 3.16. The second-order valence-electron chi connectivity index (χ2n) is 5.22. The lowest BCUT2D eigenvalue weighted by Gasteiger charge is -2.17. The van der Waals surface area contributed by atoms with E-state index in [0.29, 0.717) is 10.6 Å². The molecule has 0 radical (unpaired) electrons. The summed E-state index contributed by atoms with van der Waals surface area (Å²) < 4.78 is 24.0. The van der Waals surface area contributed by atoms with Gasteiger partial charge in [0.1, 0.15) is 5.75 Å². The Kier molecular flexibility index (Phi) is 6.02. The van der Waals surface area contributed by atoms with E-state index in [2.05, 4.69) is 5.32 Å². The zero-order valence-electron chi connectivity index (χ0n) is 11.9. The van der Waals surface area contributed by atoms with Gasteiger partial charge in [0.05, 0.1) is 5.75 Å². The van der Waals surface area contributed by atoms with E-state index in [1.165, 1.54) is 0 Å². The predicted octanol–water partition coefficient (Wildman–Crippen LogP) is 2.42. The minimum atomic E-state index is -3.52. The Morgan fingerprint density at radius 1 is 1.25 bits per heavy atom. The van der Waals surface area contributed by atoms with Gasteiger partial charge in [-0.3, -0.25) is 4.79 Å². The van der Waals surface area contributed by atoms with Gasteiger partial charge in [-0.1, -0.05) is 43.6 Å². The lowest BCUT2D eigenvalue weighted by molar-refractivity contribution is -0.119. The zero-order chi connectivity index (χ0) is 15.3. The smallest absolute Gasteiger partial charge is 0.235 e. The number of benzene rings is 1. The van der Waals surface area contributed by atoms with Crippen molar-refractivity contribution < 1.29 is 13.2 Å². The summed E-state index contributed by atoms with van der Waals surface area (Å²) in [7, 11) is -3.52. The fraction of sp³-hybridized carbons (Fsp3) is 0.500. The molecule has 0 fully saturated rings. The highest BCUT2D eigenvalue weighted by molar-refractivity contribution is 7.91. The van der Waals surface area contributed by atoms with Crippen LogP contribution in [-0.2, 0) is 20.4 Å². The zero-order valence-corrected chi connectivity index (χ0v) is 13.5. The monoisotopic (exact) mass is 317 g/mol. The van der Waals surface area contributed by atoms with Gasteiger partial charge in [0.15, 0.2) is 9.84 Å². The molecular weight excluding hydrogens is 298 g/mol. The second kappa shape index (κ2) is 7.09. The van der Waals surface area contributed by atoms with Crippen LogP contribution in [0.15, 0.2) is 24.3 Å². The van der Waals surface area contributed by atoms with Crippen LogP contribution < -0.4 is 5.32 Å². The van der Waals surface area contributed by atoms with E-state index in [4.69, 9.17) is 11.6 Å². The Bertz CT molecular complexity index is 570. The highest BCUT2D eigenvalue weighted by atomic mass is 35.5. The number of halogens is 1. The van der Waals surface area contributed by atoms with E-state index in [0.717, 1.165) is 0 Å². The average Bonchev–Trinajstić information content (AvgIpc) is 2.30. The van der Waals surface area contributed by atoms with Crippen molar-refractivity contribution in [1.29, 1.82) is 0 Å². The molecule has 0 aliphatic heterocycles. The number of sulfone groups is 1. The van der Waals surface area contributed by atoms with E-state index < -0.39 is 21.5 Å². The van der Waals surface area contributed by atoms with Crippen molar-refractivity contribution in [2.75, 3.05) is 5.75 Å². The molecular formula is C14H20ClNO3S. The molecule has 0 spiro atoms. The molecule has 4 nitrogen and oxygen atoms in total. The number of hydrogen-bond acceptors (Lipinski definition) is 3. The molecule has 1 N–H and O–H groups in total. The maximum Gasteiger partial charge on any atom is 0.235 e. The first-order valence-electron chi connectivity index (χ1n) is 6.44. The van der Waals surface area contributed by atoms with Gasteiger partial charge in [-0.15, -0.1) is 0 Å². The van der Waals surface area contributed by atoms with Crippen LogP contribution in [0.4, 0.5) is 0 Å². The first-order valence-corrected chi connectivity index (χ1v) is 8.64. The summed E-state index contributed by atoms with van der Waals surface area (Å²) in [5.41, 5.74) is 0.513. The topological polar surface area (TPSA) is 63.2 Å². The van der Waals surface area contributed by atoms with Crippen molar-refractivity contribution >= 4 is 27.3 Å². The van der Waals surface area contributed by atoms with E-state index in [1.807, 2.05) is 20.8 Å². The summed E-state index contributed by atoms with van der Waals surface area (Å²) >= 11 is 5.93. The molecule has 1 amide bonds. The third-order valence-electron chi connectivity index (χ3n) is 3.07. The van der Waals surface area contributed by atoms with Crippen molar-refractivity contribution in [3.05, 3.63) is 34.9 Å². The molecule has 0 aliphatic rings. The number of hydrogen-bond donors (Lipinski definition) is 1. The van der Waals surface area contributed by atoms with E-state index in [1.54, 1.807) is 24.3 Å². The molecule has 1 atom stereocenters. The van der Waals surface area contributed by atoms with Crippen LogP contribution in [0.3, 0.4) is 0 Å². The molecule has 0 bridgehead atoms. The van der Waals surface area contributed by atoms with Gasteiger partial charge >= 0.3 is 0 Å². The number of rotatable bonds is 6. The summed E-state index contributed by atoms with van der Waals surface area (Å²) in [4.78, 5) is 11.7. The average molecular weight is 318 g/mol. The molecule has 112 valence electrons. The van der Waals surface area contributed by atoms with Gasteiger partial charge in [-0.05, 0) is 24.5 Å². The summed E-state index contributed by atoms with van der Waals surface area (Å²) in [5.74, 6) is -0.964. The maximum absolute atomic E-state index is 12.0. The first kappa shape index (κ1) is 17.0. The second-order valence-corrected chi connectivity index (χ2v) is 7.70. The minimum absolute atomic E-state index is 0.0574. The Hall–Kier alpha value is -1.07.